The van der Waals surface area contributed by atoms with E-state index in [2.05, 4.69) is 5.32 Å². The zero-order valence-corrected chi connectivity index (χ0v) is 25.2. The molecule has 0 aliphatic carbocycles. The van der Waals surface area contributed by atoms with E-state index < -0.39 is 28.5 Å². The molecule has 41 heavy (non-hydrogen) atoms. The number of hydrogen-bond acceptors (Lipinski definition) is 5. The molecule has 0 saturated heterocycles. The number of hydrogen-bond donors (Lipinski definition) is 1. The fourth-order valence-corrected chi connectivity index (χ4v) is 5.82. The maximum atomic E-state index is 14.0. The number of sulfonamides is 1. The van der Waals surface area contributed by atoms with Gasteiger partial charge in [0.1, 0.15) is 18.3 Å². The van der Waals surface area contributed by atoms with E-state index in [1.165, 1.54) is 17.0 Å². The summed E-state index contributed by atoms with van der Waals surface area (Å²) in [6, 6.07) is 22.1. The number of benzene rings is 3. The first-order valence-corrected chi connectivity index (χ1v) is 15.5. The van der Waals surface area contributed by atoms with Gasteiger partial charge in [-0.3, -0.25) is 13.9 Å². The highest BCUT2D eigenvalue weighted by Gasteiger charge is 2.33. The molecule has 0 aromatic heterocycles. The third-order valence-corrected chi connectivity index (χ3v) is 8.58. The number of carbonyl (C=O) groups excluding carboxylic acids is 2. The van der Waals surface area contributed by atoms with Crippen LogP contribution in [-0.2, 0) is 26.0 Å². The molecule has 9 heteroatoms. The van der Waals surface area contributed by atoms with E-state index in [0.29, 0.717) is 25.3 Å². The Balaban J connectivity index is 2.00. The Hall–Kier alpha value is -3.85. The topological polar surface area (TPSA) is 96.0 Å². The van der Waals surface area contributed by atoms with Crippen LogP contribution in [0.15, 0.2) is 83.8 Å². The van der Waals surface area contributed by atoms with Gasteiger partial charge in [0.2, 0.25) is 11.8 Å². The van der Waals surface area contributed by atoms with Crippen molar-refractivity contribution >= 4 is 27.5 Å². The molecule has 0 unspecified atom stereocenters. The van der Waals surface area contributed by atoms with Crippen molar-refractivity contribution in [2.24, 2.45) is 0 Å². The van der Waals surface area contributed by atoms with Gasteiger partial charge >= 0.3 is 0 Å². The maximum absolute atomic E-state index is 14.0. The molecule has 0 spiro atoms. The molecule has 3 aromatic rings. The van der Waals surface area contributed by atoms with Gasteiger partial charge < -0.3 is 15.0 Å². The van der Waals surface area contributed by atoms with Crippen molar-refractivity contribution in [3.63, 3.8) is 0 Å². The lowest BCUT2D eigenvalue weighted by molar-refractivity contribution is -0.138. The first-order valence-electron chi connectivity index (χ1n) is 14.1. The van der Waals surface area contributed by atoms with E-state index in [0.717, 1.165) is 28.3 Å². The smallest absolute Gasteiger partial charge is 0.264 e. The van der Waals surface area contributed by atoms with E-state index in [9.17, 15) is 18.0 Å². The number of unbranched alkanes of at least 4 members (excludes halogenated alkanes) is 1. The quantitative estimate of drug-likeness (QED) is 0.257. The van der Waals surface area contributed by atoms with Crippen LogP contribution in [0, 0.1) is 6.92 Å². The minimum atomic E-state index is -4.17. The Morgan fingerprint density at radius 1 is 0.927 bits per heavy atom. The Morgan fingerprint density at radius 2 is 1.59 bits per heavy atom. The second-order valence-electron chi connectivity index (χ2n) is 9.87. The summed E-state index contributed by atoms with van der Waals surface area (Å²) in [5.41, 5.74) is 2.18. The van der Waals surface area contributed by atoms with Gasteiger partial charge in [-0.1, -0.05) is 73.5 Å². The van der Waals surface area contributed by atoms with Crippen molar-refractivity contribution in [1.29, 1.82) is 0 Å². The molecule has 1 atom stereocenters. The highest BCUT2D eigenvalue weighted by molar-refractivity contribution is 7.92. The Morgan fingerprint density at radius 3 is 2.24 bits per heavy atom. The van der Waals surface area contributed by atoms with Crippen LogP contribution in [-0.4, -0.2) is 57.4 Å². The standard InChI is InChI=1S/C32H41N3O5S/c1-5-7-22-33-32(37)26(4)34(23-21-27-13-9-8-10-14-27)31(36)24-35(29-15-11-12-16-30(29)40-6-2)41(38,39)28-19-17-25(3)18-20-28/h8-20,26H,5-7,21-24H2,1-4H3,(H,33,37)/t26-/m0/s1. The van der Waals surface area contributed by atoms with Gasteiger partial charge in [0.05, 0.1) is 17.2 Å². The molecular formula is C32H41N3O5S. The average Bonchev–Trinajstić information content (AvgIpc) is 2.97. The lowest BCUT2D eigenvalue weighted by Crippen LogP contribution is -2.52. The van der Waals surface area contributed by atoms with Crippen molar-refractivity contribution in [1.82, 2.24) is 10.2 Å². The minimum absolute atomic E-state index is 0.0587. The molecule has 0 radical (unpaired) electrons. The monoisotopic (exact) mass is 579 g/mol. The maximum Gasteiger partial charge on any atom is 0.264 e. The van der Waals surface area contributed by atoms with Crippen LogP contribution in [0.4, 0.5) is 5.69 Å². The van der Waals surface area contributed by atoms with E-state index in [1.807, 2.05) is 51.1 Å². The number of aryl methyl sites for hydroxylation is 1. The summed E-state index contributed by atoms with van der Waals surface area (Å²) < 4.78 is 34.9. The number of carbonyl (C=O) groups is 2. The van der Waals surface area contributed by atoms with E-state index in [1.54, 1.807) is 43.3 Å². The largest absolute Gasteiger partial charge is 0.492 e. The Labute approximate surface area is 244 Å². The summed E-state index contributed by atoms with van der Waals surface area (Å²) >= 11 is 0. The molecule has 0 bridgehead atoms. The molecule has 0 aliphatic heterocycles. The fraction of sp³-hybridized carbons (Fsp3) is 0.375. The van der Waals surface area contributed by atoms with Gasteiger partial charge in [-0.05, 0) is 63.4 Å². The number of rotatable bonds is 15. The molecule has 8 nitrogen and oxygen atoms in total. The molecule has 0 fully saturated rings. The van der Waals surface area contributed by atoms with Crippen LogP contribution in [0.5, 0.6) is 5.75 Å². The van der Waals surface area contributed by atoms with E-state index in [4.69, 9.17) is 4.74 Å². The molecule has 0 aliphatic rings. The van der Waals surface area contributed by atoms with Crippen molar-refractivity contribution in [3.05, 3.63) is 90.0 Å². The number of nitrogens with zero attached hydrogens (tertiary/aromatic N) is 2. The summed E-state index contributed by atoms with van der Waals surface area (Å²) in [5.74, 6) is -0.414. The number of amides is 2. The highest BCUT2D eigenvalue weighted by Crippen LogP contribution is 2.33. The number of ether oxygens (including phenoxy) is 1. The van der Waals surface area contributed by atoms with Gasteiger partial charge in [0, 0.05) is 13.1 Å². The highest BCUT2D eigenvalue weighted by atomic mass is 32.2. The zero-order valence-electron chi connectivity index (χ0n) is 24.4. The van der Waals surface area contributed by atoms with Gasteiger partial charge in [0.15, 0.2) is 0 Å². The molecule has 3 rings (SSSR count). The predicted molar refractivity (Wildman–Crippen MR) is 163 cm³/mol. The van der Waals surface area contributed by atoms with Gasteiger partial charge in [-0.2, -0.15) is 0 Å². The molecule has 0 saturated carbocycles. The SMILES string of the molecule is CCCCNC(=O)[C@H](C)N(CCc1ccccc1)C(=O)CN(c1ccccc1OCC)S(=O)(=O)c1ccc(C)cc1. The summed E-state index contributed by atoms with van der Waals surface area (Å²) in [6.45, 7) is 7.98. The average molecular weight is 580 g/mol. The van der Waals surface area contributed by atoms with Gasteiger partial charge in [-0.25, -0.2) is 8.42 Å². The van der Waals surface area contributed by atoms with Crippen molar-refractivity contribution in [2.75, 3.05) is 30.5 Å². The van der Waals surface area contributed by atoms with Crippen molar-refractivity contribution < 1.29 is 22.7 Å². The summed E-state index contributed by atoms with van der Waals surface area (Å²) in [7, 11) is -4.17. The Kier molecular flexibility index (Phi) is 11.8. The van der Waals surface area contributed by atoms with Crippen molar-refractivity contribution in [3.8, 4) is 5.75 Å². The van der Waals surface area contributed by atoms with Crippen LogP contribution in [0.25, 0.3) is 0 Å². The molecule has 220 valence electrons. The number of para-hydroxylation sites is 2. The number of anilines is 1. The third kappa shape index (κ3) is 8.57. The van der Waals surface area contributed by atoms with Crippen LogP contribution in [0.3, 0.4) is 0 Å². The normalized spacial score (nSPS) is 11.9. The zero-order chi connectivity index (χ0) is 29.8. The third-order valence-electron chi connectivity index (χ3n) is 6.80. The first kappa shape index (κ1) is 31.7. The minimum Gasteiger partial charge on any atom is -0.492 e. The summed E-state index contributed by atoms with van der Waals surface area (Å²) in [4.78, 5) is 28.6. The van der Waals surface area contributed by atoms with Crippen LogP contribution >= 0.6 is 0 Å². The molecular weight excluding hydrogens is 538 g/mol. The molecule has 3 aromatic carbocycles. The molecule has 0 heterocycles. The summed E-state index contributed by atoms with van der Waals surface area (Å²) in [5, 5.41) is 2.90. The van der Waals surface area contributed by atoms with Gasteiger partial charge in [0.25, 0.3) is 10.0 Å². The molecule has 2 amide bonds. The van der Waals surface area contributed by atoms with Crippen LogP contribution in [0.1, 0.15) is 44.7 Å². The van der Waals surface area contributed by atoms with Crippen molar-refractivity contribution in [2.45, 2.75) is 57.9 Å². The summed E-state index contributed by atoms with van der Waals surface area (Å²) in [6.07, 6.45) is 2.27. The number of nitrogens with one attached hydrogen (secondary N) is 1. The second-order valence-corrected chi connectivity index (χ2v) is 11.7. The predicted octanol–water partition coefficient (Wildman–Crippen LogP) is 4.97. The van der Waals surface area contributed by atoms with Crippen LogP contribution < -0.4 is 14.4 Å². The van der Waals surface area contributed by atoms with Gasteiger partial charge in [-0.15, -0.1) is 0 Å². The lowest BCUT2D eigenvalue weighted by atomic mass is 10.1. The van der Waals surface area contributed by atoms with E-state index >= 15 is 0 Å². The fourth-order valence-electron chi connectivity index (χ4n) is 4.40. The van der Waals surface area contributed by atoms with E-state index in [-0.39, 0.29) is 23.0 Å². The first-order chi connectivity index (χ1) is 19.7. The van der Waals surface area contributed by atoms with Crippen LogP contribution in [0.2, 0.25) is 0 Å². The second kappa shape index (κ2) is 15.2. The lowest BCUT2D eigenvalue weighted by Gasteiger charge is -2.32. The Bertz CT molecular complexity index is 1380. The molecule has 1 N–H and O–H groups in total.